The van der Waals surface area contributed by atoms with E-state index in [0.717, 1.165) is 46.1 Å². The quantitative estimate of drug-likeness (QED) is 0.695. The molecule has 1 aromatic carbocycles. The van der Waals surface area contributed by atoms with E-state index in [0.29, 0.717) is 6.54 Å². The number of anilines is 1. The zero-order valence-electron chi connectivity index (χ0n) is 14.0. The lowest BCUT2D eigenvalue weighted by Crippen LogP contribution is -2.38. The van der Waals surface area contributed by atoms with Gasteiger partial charge in [-0.2, -0.15) is 0 Å². The summed E-state index contributed by atoms with van der Waals surface area (Å²) in [6.07, 6.45) is 4.82. The molecular formula is C19H19N3O2S. The molecule has 6 heteroatoms. The number of pyridine rings is 1. The third-order valence-corrected chi connectivity index (χ3v) is 5.62. The van der Waals surface area contributed by atoms with Gasteiger partial charge in [0.15, 0.2) is 5.13 Å². The van der Waals surface area contributed by atoms with Crippen molar-refractivity contribution in [1.29, 1.82) is 0 Å². The van der Waals surface area contributed by atoms with Crippen molar-refractivity contribution in [2.75, 3.05) is 12.0 Å². The molecule has 1 saturated carbocycles. The van der Waals surface area contributed by atoms with Gasteiger partial charge in [-0.3, -0.25) is 14.7 Å². The van der Waals surface area contributed by atoms with Crippen LogP contribution in [0, 0.1) is 5.92 Å². The second-order valence-electron chi connectivity index (χ2n) is 6.20. The number of carbonyl (C=O) groups is 1. The highest BCUT2D eigenvalue weighted by molar-refractivity contribution is 7.22. The molecule has 2 heterocycles. The van der Waals surface area contributed by atoms with Gasteiger partial charge in [0.25, 0.3) is 0 Å². The number of benzene rings is 1. The highest BCUT2D eigenvalue weighted by Crippen LogP contribution is 2.35. The van der Waals surface area contributed by atoms with Crippen molar-refractivity contribution in [2.24, 2.45) is 5.92 Å². The Bertz CT molecular complexity index is 890. The van der Waals surface area contributed by atoms with E-state index in [-0.39, 0.29) is 11.8 Å². The monoisotopic (exact) mass is 353 g/mol. The third-order valence-electron chi connectivity index (χ3n) is 4.58. The van der Waals surface area contributed by atoms with Crippen LogP contribution in [0.15, 0.2) is 42.6 Å². The molecule has 1 aliphatic rings. The van der Waals surface area contributed by atoms with Crippen LogP contribution in [0.3, 0.4) is 0 Å². The second-order valence-corrected chi connectivity index (χ2v) is 7.21. The predicted molar refractivity (Wildman–Crippen MR) is 98.9 cm³/mol. The number of aromatic nitrogens is 2. The van der Waals surface area contributed by atoms with Crippen LogP contribution >= 0.6 is 11.3 Å². The Hall–Kier alpha value is -2.47. The average molecular weight is 353 g/mol. The largest absolute Gasteiger partial charge is 0.497 e. The summed E-state index contributed by atoms with van der Waals surface area (Å²) in [6.45, 7) is 0.452. The molecule has 5 nitrogen and oxygen atoms in total. The van der Waals surface area contributed by atoms with Gasteiger partial charge >= 0.3 is 0 Å². The normalized spacial score (nSPS) is 14.3. The fourth-order valence-electron chi connectivity index (χ4n) is 2.90. The van der Waals surface area contributed by atoms with Gasteiger partial charge < -0.3 is 4.74 Å². The van der Waals surface area contributed by atoms with Crippen LogP contribution in [0.2, 0.25) is 0 Å². The van der Waals surface area contributed by atoms with Gasteiger partial charge in [0, 0.05) is 12.1 Å². The van der Waals surface area contributed by atoms with E-state index in [4.69, 9.17) is 4.74 Å². The van der Waals surface area contributed by atoms with E-state index in [1.807, 2.05) is 36.4 Å². The van der Waals surface area contributed by atoms with Crippen LogP contribution in [0.1, 0.15) is 25.0 Å². The Balaban J connectivity index is 1.70. The molecule has 128 valence electrons. The molecule has 0 N–H and O–H groups in total. The van der Waals surface area contributed by atoms with Crippen molar-refractivity contribution >= 4 is 32.6 Å². The molecule has 0 spiro atoms. The molecule has 0 unspecified atom stereocenters. The van der Waals surface area contributed by atoms with Gasteiger partial charge in [0.1, 0.15) is 5.75 Å². The SMILES string of the molecule is COc1ccc2nc(N(Cc3ccccn3)C(=O)C3CCC3)sc2c1. The van der Waals surface area contributed by atoms with Crippen LogP contribution in [0.25, 0.3) is 10.2 Å². The standard InChI is InChI=1S/C19H19N3O2S/c1-24-15-8-9-16-17(11-15)25-19(21-16)22(18(23)13-5-4-6-13)12-14-7-2-3-10-20-14/h2-3,7-11,13H,4-6,12H2,1H3. The molecule has 1 amide bonds. The second kappa shape index (κ2) is 6.80. The molecule has 25 heavy (non-hydrogen) atoms. The highest BCUT2D eigenvalue weighted by atomic mass is 32.1. The summed E-state index contributed by atoms with van der Waals surface area (Å²) in [7, 11) is 1.65. The molecule has 3 aromatic rings. The zero-order chi connectivity index (χ0) is 17.2. The van der Waals surface area contributed by atoms with Crippen molar-refractivity contribution in [1.82, 2.24) is 9.97 Å². The van der Waals surface area contributed by atoms with Gasteiger partial charge in [-0.25, -0.2) is 4.98 Å². The molecule has 1 aliphatic carbocycles. The number of thiazole rings is 1. The fourth-order valence-corrected chi connectivity index (χ4v) is 3.90. The number of hydrogen-bond acceptors (Lipinski definition) is 5. The third kappa shape index (κ3) is 3.22. The summed E-state index contributed by atoms with van der Waals surface area (Å²) in [5.74, 6) is 1.07. The number of rotatable bonds is 5. The molecular weight excluding hydrogens is 334 g/mol. The lowest BCUT2D eigenvalue weighted by Gasteiger charge is -2.30. The highest BCUT2D eigenvalue weighted by Gasteiger charge is 2.32. The maximum atomic E-state index is 13.0. The van der Waals surface area contributed by atoms with Crippen LogP contribution in [0.5, 0.6) is 5.75 Å². The van der Waals surface area contributed by atoms with Crippen LogP contribution in [-0.2, 0) is 11.3 Å². The summed E-state index contributed by atoms with van der Waals surface area (Å²) in [5, 5.41) is 0.728. The predicted octanol–water partition coefficient (Wildman–Crippen LogP) is 4.03. The van der Waals surface area contributed by atoms with E-state index < -0.39 is 0 Å². The molecule has 4 rings (SSSR count). The van der Waals surface area contributed by atoms with Crippen molar-refractivity contribution in [3.05, 3.63) is 48.3 Å². The summed E-state index contributed by atoms with van der Waals surface area (Å²) in [4.78, 5) is 23.8. The van der Waals surface area contributed by atoms with E-state index >= 15 is 0 Å². The fraction of sp³-hybridized carbons (Fsp3) is 0.316. The van der Waals surface area contributed by atoms with Crippen molar-refractivity contribution in [3.63, 3.8) is 0 Å². The zero-order valence-corrected chi connectivity index (χ0v) is 14.8. The number of ether oxygens (including phenoxy) is 1. The van der Waals surface area contributed by atoms with Crippen molar-refractivity contribution < 1.29 is 9.53 Å². The summed E-state index contributed by atoms with van der Waals surface area (Å²) in [5.41, 5.74) is 1.75. The van der Waals surface area contributed by atoms with Crippen LogP contribution in [0.4, 0.5) is 5.13 Å². The molecule has 0 saturated heterocycles. The number of methoxy groups -OCH3 is 1. The van der Waals surface area contributed by atoms with Gasteiger partial charge in [-0.05, 0) is 43.2 Å². The van der Waals surface area contributed by atoms with Crippen LogP contribution < -0.4 is 9.64 Å². The minimum Gasteiger partial charge on any atom is -0.497 e. The van der Waals surface area contributed by atoms with Crippen molar-refractivity contribution in [2.45, 2.75) is 25.8 Å². The molecule has 0 radical (unpaired) electrons. The van der Waals surface area contributed by atoms with Gasteiger partial charge in [-0.1, -0.05) is 23.8 Å². The van der Waals surface area contributed by atoms with Gasteiger partial charge in [0.2, 0.25) is 5.91 Å². The first-order valence-corrected chi connectivity index (χ1v) is 9.22. The summed E-state index contributed by atoms with van der Waals surface area (Å²) in [6, 6.07) is 11.5. The Labute approximate surface area is 150 Å². The van der Waals surface area contributed by atoms with Gasteiger partial charge in [0.05, 0.1) is 29.6 Å². The van der Waals surface area contributed by atoms with E-state index in [1.165, 1.54) is 11.3 Å². The number of amides is 1. The number of carbonyl (C=O) groups excluding carboxylic acids is 1. The molecule has 0 bridgehead atoms. The molecule has 0 aliphatic heterocycles. The number of nitrogens with zero attached hydrogens (tertiary/aromatic N) is 3. The Morgan fingerprint density at radius 2 is 2.20 bits per heavy atom. The Morgan fingerprint density at radius 1 is 1.32 bits per heavy atom. The first kappa shape index (κ1) is 16.0. The summed E-state index contributed by atoms with van der Waals surface area (Å²) < 4.78 is 6.30. The lowest BCUT2D eigenvalue weighted by atomic mass is 9.84. The van der Waals surface area contributed by atoms with Crippen LogP contribution in [-0.4, -0.2) is 23.0 Å². The summed E-state index contributed by atoms with van der Waals surface area (Å²) >= 11 is 1.52. The van der Waals surface area contributed by atoms with Gasteiger partial charge in [-0.15, -0.1) is 0 Å². The first-order valence-electron chi connectivity index (χ1n) is 8.40. The first-order chi connectivity index (χ1) is 12.2. The number of hydrogen-bond donors (Lipinski definition) is 0. The Morgan fingerprint density at radius 3 is 2.88 bits per heavy atom. The maximum Gasteiger partial charge on any atom is 0.232 e. The minimum atomic E-state index is 0.116. The maximum absolute atomic E-state index is 13.0. The topological polar surface area (TPSA) is 55.3 Å². The Kier molecular flexibility index (Phi) is 4.36. The number of fused-ring (bicyclic) bond motifs is 1. The average Bonchev–Trinajstić information content (AvgIpc) is 3.01. The van der Waals surface area contributed by atoms with E-state index in [2.05, 4.69) is 9.97 Å². The molecule has 0 atom stereocenters. The molecule has 1 fully saturated rings. The van der Waals surface area contributed by atoms with Crippen molar-refractivity contribution in [3.8, 4) is 5.75 Å². The minimum absolute atomic E-state index is 0.116. The lowest BCUT2D eigenvalue weighted by molar-refractivity contribution is -0.124. The smallest absolute Gasteiger partial charge is 0.232 e. The van der Waals surface area contributed by atoms with E-state index in [1.54, 1.807) is 18.2 Å². The van der Waals surface area contributed by atoms with E-state index in [9.17, 15) is 4.79 Å². The molecule has 2 aromatic heterocycles.